The Morgan fingerprint density at radius 1 is 1.30 bits per heavy atom. The van der Waals surface area contributed by atoms with Gasteiger partial charge >= 0.3 is 0 Å². The van der Waals surface area contributed by atoms with Crippen LogP contribution in [-0.4, -0.2) is 33.8 Å². The highest BCUT2D eigenvalue weighted by Crippen LogP contribution is 2.10. The number of rotatable bonds is 7. The summed E-state index contributed by atoms with van der Waals surface area (Å²) in [6, 6.07) is 5.81. The Morgan fingerprint density at radius 3 is 2.95 bits per heavy atom. The molecule has 0 aliphatic carbocycles. The van der Waals surface area contributed by atoms with E-state index < -0.39 is 0 Å². The summed E-state index contributed by atoms with van der Waals surface area (Å²) in [5.74, 6) is 1.36. The Morgan fingerprint density at radius 2 is 2.20 bits per heavy atom. The molecule has 0 radical (unpaired) electrons. The Hall–Kier alpha value is -2.24. The summed E-state index contributed by atoms with van der Waals surface area (Å²) >= 11 is 0. The molecule has 6 heteroatoms. The number of nitrogens with zero attached hydrogens (tertiary/aromatic N) is 5. The first-order chi connectivity index (χ1) is 9.79. The molecule has 0 aromatic carbocycles. The minimum absolute atomic E-state index is 0.525. The normalized spacial score (nSPS) is 10.3. The van der Waals surface area contributed by atoms with Gasteiger partial charge in [-0.15, -0.1) is 5.10 Å². The smallest absolute Gasteiger partial charge is 0.245 e. The van der Waals surface area contributed by atoms with E-state index in [1.807, 2.05) is 25.2 Å². The number of aromatic nitrogens is 4. The van der Waals surface area contributed by atoms with Crippen LogP contribution in [0.25, 0.3) is 0 Å². The topological polar surface area (TPSA) is 66.8 Å². The molecule has 0 aliphatic heterocycles. The van der Waals surface area contributed by atoms with Crippen molar-refractivity contribution in [2.24, 2.45) is 0 Å². The summed E-state index contributed by atoms with van der Waals surface area (Å²) in [6.07, 6.45) is 5.75. The van der Waals surface area contributed by atoms with Gasteiger partial charge in [0.25, 0.3) is 0 Å². The first kappa shape index (κ1) is 14.2. The van der Waals surface area contributed by atoms with Crippen molar-refractivity contribution in [3.63, 3.8) is 0 Å². The largest absolute Gasteiger partial charge is 0.358 e. The third-order valence-electron chi connectivity index (χ3n) is 2.94. The van der Waals surface area contributed by atoms with Crippen molar-refractivity contribution in [1.29, 1.82) is 0 Å². The zero-order valence-corrected chi connectivity index (χ0v) is 12.0. The third-order valence-corrected chi connectivity index (χ3v) is 2.94. The Bertz CT molecular complexity index is 516. The van der Waals surface area contributed by atoms with E-state index in [0.717, 1.165) is 30.9 Å². The zero-order valence-electron chi connectivity index (χ0n) is 12.0. The van der Waals surface area contributed by atoms with Crippen LogP contribution in [0.1, 0.15) is 25.5 Å². The van der Waals surface area contributed by atoms with Crippen molar-refractivity contribution in [2.75, 3.05) is 23.8 Å². The number of pyridine rings is 1. The molecule has 0 unspecified atom stereocenters. The van der Waals surface area contributed by atoms with E-state index in [0.29, 0.717) is 12.5 Å². The van der Waals surface area contributed by atoms with Crippen LogP contribution < -0.4 is 10.2 Å². The van der Waals surface area contributed by atoms with Crippen molar-refractivity contribution in [3.05, 3.63) is 36.3 Å². The lowest BCUT2D eigenvalue weighted by Crippen LogP contribution is -2.20. The summed E-state index contributed by atoms with van der Waals surface area (Å²) in [7, 11) is 2.02. The molecule has 0 atom stereocenters. The highest BCUT2D eigenvalue weighted by Gasteiger charge is 2.05. The lowest BCUT2D eigenvalue weighted by atomic mass is 10.3. The Balaban J connectivity index is 1.95. The first-order valence-electron chi connectivity index (χ1n) is 6.84. The third kappa shape index (κ3) is 4.15. The van der Waals surface area contributed by atoms with Gasteiger partial charge in [-0.2, -0.15) is 10.1 Å². The van der Waals surface area contributed by atoms with Gasteiger partial charge in [0.05, 0.1) is 18.4 Å². The second-order valence-corrected chi connectivity index (χ2v) is 4.59. The van der Waals surface area contributed by atoms with E-state index in [1.165, 1.54) is 0 Å². The van der Waals surface area contributed by atoms with E-state index in [-0.39, 0.29) is 0 Å². The Labute approximate surface area is 119 Å². The van der Waals surface area contributed by atoms with Crippen LogP contribution in [-0.2, 0) is 6.54 Å². The van der Waals surface area contributed by atoms with E-state index in [9.17, 15) is 0 Å². The van der Waals surface area contributed by atoms with Crippen molar-refractivity contribution in [2.45, 2.75) is 26.3 Å². The van der Waals surface area contributed by atoms with E-state index in [1.54, 1.807) is 12.4 Å². The maximum atomic E-state index is 4.45. The van der Waals surface area contributed by atoms with Gasteiger partial charge in [0.1, 0.15) is 0 Å². The second-order valence-electron chi connectivity index (χ2n) is 4.59. The van der Waals surface area contributed by atoms with Crippen LogP contribution in [0.3, 0.4) is 0 Å². The van der Waals surface area contributed by atoms with Gasteiger partial charge in [-0.3, -0.25) is 4.98 Å². The standard InChI is InChI=1S/C14H20N6/c1-3-4-9-20(2)13-11-17-19-14(18-13)16-10-12-7-5-6-8-15-12/h5-8,11H,3-4,9-10H2,1-2H3,(H,16,18,19). The van der Waals surface area contributed by atoms with Crippen LogP contribution in [0, 0.1) is 0 Å². The van der Waals surface area contributed by atoms with Crippen LogP contribution in [0.2, 0.25) is 0 Å². The molecule has 0 spiro atoms. The van der Waals surface area contributed by atoms with Crippen LogP contribution >= 0.6 is 0 Å². The minimum Gasteiger partial charge on any atom is -0.358 e. The Kier molecular flexibility index (Phi) is 5.23. The molecule has 0 fully saturated rings. The SMILES string of the molecule is CCCCN(C)c1cnnc(NCc2ccccn2)n1. The molecule has 0 saturated carbocycles. The van der Waals surface area contributed by atoms with Crippen molar-refractivity contribution < 1.29 is 0 Å². The van der Waals surface area contributed by atoms with Gasteiger partial charge in [0.2, 0.25) is 5.95 Å². The molecule has 106 valence electrons. The molecule has 0 bridgehead atoms. The molecule has 2 heterocycles. The van der Waals surface area contributed by atoms with E-state index >= 15 is 0 Å². The van der Waals surface area contributed by atoms with E-state index in [4.69, 9.17) is 0 Å². The minimum atomic E-state index is 0.525. The quantitative estimate of drug-likeness (QED) is 0.832. The molecule has 20 heavy (non-hydrogen) atoms. The molecule has 2 aromatic heterocycles. The second kappa shape index (κ2) is 7.37. The molecule has 2 rings (SSSR count). The molecule has 2 aromatic rings. The fourth-order valence-corrected chi connectivity index (χ4v) is 1.74. The lowest BCUT2D eigenvalue weighted by molar-refractivity contribution is 0.753. The fraction of sp³-hybridized carbons (Fsp3) is 0.429. The van der Waals surface area contributed by atoms with Gasteiger partial charge in [0, 0.05) is 19.8 Å². The number of hydrogen-bond donors (Lipinski definition) is 1. The molecule has 1 N–H and O–H groups in total. The van der Waals surface area contributed by atoms with Crippen molar-refractivity contribution in [1.82, 2.24) is 20.2 Å². The number of unbranched alkanes of at least 4 members (excludes halogenated alkanes) is 1. The van der Waals surface area contributed by atoms with Gasteiger partial charge in [0.15, 0.2) is 5.82 Å². The summed E-state index contributed by atoms with van der Waals surface area (Å²) in [5, 5.41) is 11.1. The average Bonchev–Trinajstić information content (AvgIpc) is 2.52. The lowest BCUT2D eigenvalue weighted by Gasteiger charge is -2.17. The average molecular weight is 272 g/mol. The number of anilines is 2. The van der Waals surface area contributed by atoms with Gasteiger partial charge < -0.3 is 10.2 Å². The molecule has 0 saturated heterocycles. The van der Waals surface area contributed by atoms with Crippen LogP contribution in [0.5, 0.6) is 0 Å². The van der Waals surface area contributed by atoms with Crippen LogP contribution in [0.15, 0.2) is 30.6 Å². The maximum Gasteiger partial charge on any atom is 0.245 e. The zero-order chi connectivity index (χ0) is 14.2. The summed E-state index contributed by atoms with van der Waals surface area (Å²) in [6.45, 7) is 3.73. The van der Waals surface area contributed by atoms with Gasteiger partial charge in [-0.1, -0.05) is 19.4 Å². The predicted molar refractivity (Wildman–Crippen MR) is 79.6 cm³/mol. The summed E-state index contributed by atoms with van der Waals surface area (Å²) in [5.41, 5.74) is 0.945. The van der Waals surface area contributed by atoms with E-state index in [2.05, 4.69) is 37.3 Å². The highest BCUT2D eigenvalue weighted by atomic mass is 15.3. The van der Waals surface area contributed by atoms with Gasteiger partial charge in [-0.05, 0) is 18.6 Å². The van der Waals surface area contributed by atoms with Crippen LogP contribution in [0.4, 0.5) is 11.8 Å². The summed E-state index contributed by atoms with van der Waals surface area (Å²) in [4.78, 5) is 10.8. The van der Waals surface area contributed by atoms with Crippen molar-refractivity contribution in [3.8, 4) is 0 Å². The molecule has 0 amide bonds. The fourth-order valence-electron chi connectivity index (χ4n) is 1.74. The molecule has 0 aliphatic rings. The first-order valence-corrected chi connectivity index (χ1v) is 6.84. The number of hydrogen-bond acceptors (Lipinski definition) is 6. The van der Waals surface area contributed by atoms with Crippen molar-refractivity contribution >= 4 is 11.8 Å². The molecular weight excluding hydrogens is 252 g/mol. The number of nitrogens with one attached hydrogen (secondary N) is 1. The highest BCUT2D eigenvalue weighted by molar-refractivity contribution is 5.39. The maximum absolute atomic E-state index is 4.45. The molecular formula is C14H20N6. The monoisotopic (exact) mass is 272 g/mol. The predicted octanol–water partition coefficient (Wildman–Crippen LogP) is 2.11. The summed E-state index contributed by atoms with van der Waals surface area (Å²) < 4.78 is 0. The van der Waals surface area contributed by atoms with Gasteiger partial charge in [-0.25, -0.2) is 0 Å². The molecule has 6 nitrogen and oxygen atoms in total.